The Morgan fingerprint density at radius 3 is 2.53 bits per heavy atom. The third-order valence-corrected chi connectivity index (χ3v) is 4.35. The van der Waals surface area contributed by atoms with Gasteiger partial charge in [-0.25, -0.2) is 0 Å². The number of hydrogen-bond donors (Lipinski definition) is 2. The number of carbonyl (C=O) groups excluding carboxylic acids is 1. The molecule has 4 nitrogen and oxygen atoms in total. The van der Waals surface area contributed by atoms with Crippen LogP contribution in [0.3, 0.4) is 0 Å². The van der Waals surface area contributed by atoms with Crippen LogP contribution in [0.4, 0.5) is 0 Å². The molecule has 0 aromatic heterocycles. The van der Waals surface area contributed by atoms with Crippen molar-refractivity contribution >= 4 is 5.91 Å². The molecule has 1 aliphatic rings. The summed E-state index contributed by atoms with van der Waals surface area (Å²) in [6, 6.07) is 0.973. The summed E-state index contributed by atoms with van der Waals surface area (Å²) >= 11 is 0. The van der Waals surface area contributed by atoms with E-state index in [2.05, 4.69) is 25.8 Å². The molecule has 0 radical (unpaired) electrons. The summed E-state index contributed by atoms with van der Waals surface area (Å²) < 4.78 is 0. The summed E-state index contributed by atoms with van der Waals surface area (Å²) in [5.41, 5.74) is 10.7. The first-order valence-corrected chi connectivity index (χ1v) is 6.75. The highest BCUT2D eigenvalue weighted by molar-refractivity contribution is 5.84. The SMILES string of the molecule is CCC(CC)N(C)C1CCCC(N)(C(N)=O)C1. The summed E-state index contributed by atoms with van der Waals surface area (Å²) in [5.74, 6) is -0.347. The average molecular weight is 241 g/mol. The zero-order valence-electron chi connectivity index (χ0n) is 11.4. The zero-order valence-corrected chi connectivity index (χ0v) is 11.4. The van der Waals surface area contributed by atoms with E-state index in [-0.39, 0.29) is 5.91 Å². The molecule has 0 heterocycles. The van der Waals surface area contributed by atoms with Crippen LogP contribution in [0.1, 0.15) is 52.4 Å². The Hall–Kier alpha value is -0.610. The van der Waals surface area contributed by atoms with Crippen molar-refractivity contribution in [2.24, 2.45) is 11.5 Å². The number of carbonyl (C=O) groups is 1. The molecule has 0 aliphatic heterocycles. The van der Waals surface area contributed by atoms with Gasteiger partial charge in [-0.1, -0.05) is 13.8 Å². The van der Waals surface area contributed by atoms with Crippen molar-refractivity contribution in [2.45, 2.75) is 70.0 Å². The van der Waals surface area contributed by atoms with Crippen LogP contribution in [-0.2, 0) is 4.79 Å². The second kappa shape index (κ2) is 5.83. The molecule has 1 rings (SSSR count). The minimum atomic E-state index is -0.788. The Labute approximate surface area is 105 Å². The van der Waals surface area contributed by atoms with Gasteiger partial charge in [0.25, 0.3) is 0 Å². The summed E-state index contributed by atoms with van der Waals surface area (Å²) in [4.78, 5) is 13.8. The third-order valence-electron chi connectivity index (χ3n) is 4.35. The second-order valence-electron chi connectivity index (χ2n) is 5.41. The monoisotopic (exact) mass is 241 g/mol. The lowest BCUT2D eigenvalue weighted by molar-refractivity contribution is -0.125. The van der Waals surface area contributed by atoms with Crippen molar-refractivity contribution in [1.82, 2.24) is 4.90 Å². The topological polar surface area (TPSA) is 72.3 Å². The number of nitrogens with two attached hydrogens (primary N) is 2. The molecule has 100 valence electrons. The average Bonchev–Trinajstić information content (AvgIpc) is 2.30. The van der Waals surface area contributed by atoms with Crippen LogP contribution in [0.25, 0.3) is 0 Å². The van der Waals surface area contributed by atoms with E-state index in [0.29, 0.717) is 18.5 Å². The van der Waals surface area contributed by atoms with Gasteiger partial charge in [0.15, 0.2) is 0 Å². The highest BCUT2D eigenvalue weighted by Crippen LogP contribution is 2.30. The molecule has 0 bridgehead atoms. The number of primary amides is 1. The molecule has 1 aliphatic carbocycles. The minimum absolute atomic E-state index is 0.347. The first-order valence-electron chi connectivity index (χ1n) is 6.75. The molecule has 2 atom stereocenters. The van der Waals surface area contributed by atoms with Gasteiger partial charge in [-0.3, -0.25) is 4.79 Å². The fraction of sp³-hybridized carbons (Fsp3) is 0.923. The largest absolute Gasteiger partial charge is 0.368 e. The molecular formula is C13H27N3O. The van der Waals surface area contributed by atoms with Crippen molar-refractivity contribution in [3.05, 3.63) is 0 Å². The molecule has 2 unspecified atom stereocenters. The fourth-order valence-electron chi connectivity index (χ4n) is 3.01. The zero-order chi connectivity index (χ0) is 13.1. The molecular weight excluding hydrogens is 214 g/mol. The maximum Gasteiger partial charge on any atom is 0.237 e. The van der Waals surface area contributed by atoms with Gasteiger partial charge in [0.05, 0.1) is 5.54 Å². The number of hydrogen-bond acceptors (Lipinski definition) is 3. The van der Waals surface area contributed by atoms with Crippen molar-refractivity contribution in [2.75, 3.05) is 7.05 Å². The predicted molar refractivity (Wildman–Crippen MR) is 70.5 cm³/mol. The lowest BCUT2D eigenvalue weighted by Crippen LogP contribution is -2.58. The lowest BCUT2D eigenvalue weighted by atomic mass is 9.78. The molecule has 17 heavy (non-hydrogen) atoms. The van der Waals surface area contributed by atoms with Gasteiger partial charge in [0.2, 0.25) is 5.91 Å². The number of amides is 1. The quantitative estimate of drug-likeness (QED) is 0.760. The van der Waals surface area contributed by atoms with Gasteiger partial charge in [-0.2, -0.15) is 0 Å². The Bertz CT molecular complexity index is 265. The molecule has 1 fully saturated rings. The van der Waals surface area contributed by atoms with Gasteiger partial charge in [-0.15, -0.1) is 0 Å². The van der Waals surface area contributed by atoms with Crippen LogP contribution in [0.2, 0.25) is 0 Å². The smallest absolute Gasteiger partial charge is 0.237 e. The molecule has 0 aromatic rings. The Kier molecular flexibility index (Phi) is 4.95. The highest BCUT2D eigenvalue weighted by atomic mass is 16.1. The highest BCUT2D eigenvalue weighted by Gasteiger charge is 2.39. The molecule has 0 spiro atoms. The Balaban J connectivity index is 2.69. The predicted octanol–water partition coefficient (Wildman–Crippen LogP) is 1.23. The Morgan fingerprint density at radius 1 is 1.47 bits per heavy atom. The van der Waals surface area contributed by atoms with Crippen LogP contribution in [-0.4, -0.2) is 35.5 Å². The summed E-state index contributed by atoms with van der Waals surface area (Å²) in [6.45, 7) is 4.41. The molecule has 0 aromatic carbocycles. The van der Waals surface area contributed by atoms with Crippen molar-refractivity contribution < 1.29 is 4.79 Å². The van der Waals surface area contributed by atoms with Gasteiger partial charge < -0.3 is 16.4 Å². The summed E-state index contributed by atoms with van der Waals surface area (Å²) in [5, 5.41) is 0. The maximum absolute atomic E-state index is 11.4. The van der Waals surface area contributed by atoms with Gasteiger partial charge >= 0.3 is 0 Å². The van der Waals surface area contributed by atoms with E-state index < -0.39 is 5.54 Å². The van der Waals surface area contributed by atoms with E-state index in [1.54, 1.807) is 0 Å². The van der Waals surface area contributed by atoms with E-state index in [1.165, 1.54) is 0 Å². The minimum Gasteiger partial charge on any atom is -0.368 e. The summed E-state index contributed by atoms with van der Waals surface area (Å²) in [6.07, 6.45) is 5.83. The number of nitrogens with zero attached hydrogens (tertiary/aromatic N) is 1. The first kappa shape index (κ1) is 14.5. The fourth-order valence-corrected chi connectivity index (χ4v) is 3.01. The van der Waals surface area contributed by atoms with Crippen LogP contribution in [0, 0.1) is 0 Å². The maximum atomic E-state index is 11.4. The van der Waals surface area contributed by atoms with E-state index in [1.807, 2.05) is 0 Å². The molecule has 1 amide bonds. The first-order chi connectivity index (χ1) is 7.94. The van der Waals surface area contributed by atoms with Crippen LogP contribution in [0.15, 0.2) is 0 Å². The normalized spacial score (nSPS) is 29.9. The van der Waals surface area contributed by atoms with Crippen molar-refractivity contribution in [1.29, 1.82) is 0 Å². The molecule has 4 N–H and O–H groups in total. The number of rotatable bonds is 5. The summed E-state index contributed by atoms with van der Waals surface area (Å²) in [7, 11) is 2.15. The van der Waals surface area contributed by atoms with Crippen LogP contribution < -0.4 is 11.5 Å². The molecule has 0 saturated heterocycles. The van der Waals surface area contributed by atoms with Crippen LogP contribution in [0.5, 0.6) is 0 Å². The van der Waals surface area contributed by atoms with Gasteiger partial charge in [0.1, 0.15) is 0 Å². The van der Waals surface area contributed by atoms with E-state index >= 15 is 0 Å². The standard InChI is InChI=1S/C13H27N3O/c1-4-10(5-2)16(3)11-7-6-8-13(15,9-11)12(14)17/h10-11H,4-9,15H2,1-3H3,(H2,14,17). The van der Waals surface area contributed by atoms with Gasteiger partial charge in [0, 0.05) is 12.1 Å². The van der Waals surface area contributed by atoms with Crippen molar-refractivity contribution in [3.63, 3.8) is 0 Å². The van der Waals surface area contributed by atoms with Crippen molar-refractivity contribution in [3.8, 4) is 0 Å². The van der Waals surface area contributed by atoms with E-state index in [0.717, 1.165) is 32.1 Å². The van der Waals surface area contributed by atoms with Gasteiger partial charge in [-0.05, 0) is 45.6 Å². The van der Waals surface area contributed by atoms with E-state index in [9.17, 15) is 4.79 Å². The molecule has 1 saturated carbocycles. The van der Waals surface area contributed by atoms with E-state index in [4.69, 9.17) is 11.5 Å². The Morgan fingerprint density at radius 2 is 2.06 bits per heavy atom. The second-order valence-corrected chi connectivity index (χ2v) is 5.41. The third kappa shape index (κ3) is 3.19. The molecule has 4 heteroatoms. The van der Waals surface area contributed by atoms with Crippen LogP contribution >= 0.6 is 0 Å². The lowest BCUT2D eigenvalue weighted by Gasteiger charge is -2.42.